The van der Waals surface area contributed by atoms with Gasteiger partial charge in [-0.05, 0) is 24.3 Å². The molecule has 0 fully saturated rings. The molecule has 5 heteroatoms. The Labute approximate surface area is 163 Å². The molecule has 0 aliphatic carbocycles. The van der Waals surface area contributed by atoms with Crippen LogP contribution in [0.15, 0.2) is 84.9 Å². The predicted molar refractivity (Wildman–Crippen MR) is 109 cm³/mol. The van der Waals surface area contributed by atoms with Gasteiger partial charge in [0.25, 0.3) is 5.91 Å². The maximum atomic E-state index is 12.9. The molecule has 2 amide bonds. The van der Waals surface area contributed by atoms with E-state index in [0.29, 0.717) is 16.8 Å². The number of ketones is 1. The van der Waals surface area contributed by atoms with Crippen molar-refractivity contribution in [2.45, 2.75) is 6.42 Å². The summed E-state index contributed by atoms with van der Waals surface area (Å²) in [6.07, 6.45) is -0.361. The normalized spacial score (nSPS) is 10.2. The fraction of sp³-hybridized carbons (Fsp3) is 0.0870. The fourth-order valence-corrected chi connectivity index (χ4v) is 2.73. The lowest BCUT2D eigenvalue weighted by atomic mass is 10.1. The molecule has 0 bridgehead atoms. The third kappa shape index (κ3) is 4.51. The highest BCUT2D eigenvalue weighted by Crippen LogP contribution is 2.22. The minimum atomic E-state index is -0.548. The monoisotopic (exact) mass is 372 g/mol. The largest absolute Gasteiger partial charge is 0.355 e. The number of imide groups is 1. The van der Waals surface area contributed by atoms with Crippen LogP contribution >= 0.6 is 0 Å². The van der Waals surface area contributed by atoms with Crippen molar-refractivity contribution >= 4 is 29.0 Å². The highest BCUT2D eigenvalue weighted by Gasteiger charge is 2.23. The van der Waals surface area contributed by atoms with E-state index in [0.717, 1.165) is 10.6 Å². The molecule has 5 nitrogen and oxygen atoms in total. The molecule has 28 heavy (non-hydrogen) atoms. The smallest absolute Gasteiger partial charge is 0.262 e. The third-order valence-electron chi connectivity index (χ3n) is 4.30. The van der Waals surface area contributed by atoms with Gasteiger partial charge in [0, 0.05) is 18.3 Å². The van der Waals surface area contributed by atoms with Crippen LogP contribution in [0.5, 0.6) is 0 Å². The lowest BCUT2D eigenvalue weighted by Gasteiger charge is -2.18. The van der Waals surface area contributed by atoms with Crippen LogP contribution in [0, 0.1) is 0 Å². The van der Waals surface area contributed by atoms with E-state index in [-0.39, 0.29) is 12.2 Å². The van der Waals surface area contributed by atoms with Crippen LogP contribution in [-0.4, -0.2) is 29.5 Å². The van der Waals surface area contributed by atoms with E-state index >= 15 is 0 Å². The summed E-state index contributed by atoms with van der Waals surface area (Å²) in [6.45, 7) is 0. The van der Waals surface area contributed by atoms with Crippen LogP contribution in [0.25, 0.3) is 0 Å². The Bertz CT molecular complexity index is 985. The van der Waals surface area contributed by atoms with E-state index in [1.807, 2.05) is 36.4 Å². The zero-order valence-electron chi connectivity index (χ0n) is 15.5. The number of hydrogen-bond donors (Lipinski definition) is 1. The Morgan fingerprint density at radius 1 is 0.786 bits per heavy atom. The van der Waals surface area contributed by atoms with Crippen molar-refractivity contribution in [3.05, 3.63) is 96.1 Å². The van der Waals surface area contributed by atoms with Gasteiger partial charge in [-0.15, -0.1) is 0 Å². The molecule has 0 heterocycles. The zero-order chi connectivity index (χ0) is 19.9. The molecule has 0 saturated carbocycles. The average molecular weight is 372 g/mol. The molecule has 0 aliphatic heterocycles. The lowest BCUT2D eigenvalue weighted by molar-refractivity contribution is -0.126. The van der Waals surface area contributed by atoms with Crippen molar-refractivity contribution in [3.8, 4) is 0 Å². The summed E-state index contributed by atoms with van der Waals surface area (Å²) in [5.74, 6) is -1.33. The summed E-state index contributed by atoms with van der Waals surface area (Å²) < 4.78 is 0. The summed E-state index contributed by atoms with van der Waals surface area (Å²) in [6, 6.07) is 25.0. The molecular weight excluding hydrogens is 352 g/mol. The molecule has 0 saturated heterocycles. The molecule has 3 aromatic rings. The number of carbonyl (C=O) groups excluding carboxylic acids is 3. The van der Waals surface area contributed by atoms with Gasteiger partial charge in [0.05, 0.1) is 17.7 Å². The van der Waals surface area contributed by atoms with Crippen LogP contribution in [0.1, 0.15) is 27.1 Å². The Balaban J connectivity index is 1.74. The summed E-state index contributed by atoms with van der Waals surface area (Å²) in [4.78, 5) is 38.6. The second-order valence-corrected chi connectivity index (χ2v) is 6.26. The van der Waals surface area contributed by atoms with Gasteiger partial charge in [-0.25, -0.2) is 0 Å². The number of Topliss-reactive ketones (excluding diaryl/α,β-unsaturated/α-hetero) is 1. The molecule has 0 aromatic heterocycles. The number of hydrogen-bond acceptors (Lipinski definition) is 4. The molecule has 0 radical (unpaired) electrons. The van der Waals surface area contributed by atoms with Gasteiger partial charge in [-0.3, -0.25) is 19.3 Å². The Morgan fingerprint density at radius 2 is 1.36 bits per heavy atom. The third-order valence-corrected chi connectivity index (χ3v) is 4.30. The van der Waals surface area contributed by atoms with Gasteiger partial charge >= 0.3 is 0 Å². The number of benzene rings is 3. The van der Waals surface area contributed by atoms with E-state index in [9.17, 15) is 14.4 Å². The zero-order valence-corrected chi connectivity index (χ0v) is 15.5. The number of carbonyl (C=O) groups is 3. The van der Waals surface area contributed by atoms with Crippen molar-refractivity contribution in [1.29, 1.82) is 0 Å². The van der Waals surface area contributed by atoms with Crippen molar-refractivity contribution in [2.24, 2.45) is 0 Å². The molecule has 0 unspecified atom stereocenters. The minimum absolute atomic E-state index is 0.319. The number of anilines is 2. The molecule has 3 rings (SSSR count). The first-order chi connectivity index (χ1) is 13.6. The van der Waals surface area contributed by atoms with Crippen LogP contribution in [0.3, 0.4) is 0 Å². The number of nitrogens with one attached hydrogen (secondary N) is 1. The molecule has 3 aromatic carbocycles. The molecular formula is C23H20N2O3. The standard InChI is InChI=1S/C23H20N2O3/c1-25(22(27)16-21(26)17-10-4-2-5-11-17)23(28)19-14-8-9-15-20(19)24-18-12-6-3-7-13-18/h2-15,24H,16H2,1H3. The van der Waals surface area contributed by atoms with E-state index in [1.165, 1.54) is 7.05 Å². The van der Waals surface area contributed by atoms with E-state index in [2.05, 4.69) is 5.32 Å². The molecule has 140 valence electrons. The van der Waals surface area contributed by atoms with Crippen LogP contribution in [0.4, 0.5) is 11.4 Å². The fourth-order valence-electron chi connectivity index (χ4n) is 2.73. The first kappa shape index (κ1) is 19.0. The Morgan fingerprint density at radius 3 is 2.04 bits per heavy atom. The number of nitrogens with zero attached hydrogens (tertiary/aromatic N) is 1. The van der Waals surface area contributed by atoms with Gasteiger partial charge in [0.1, 0.15) is 0 Å². The quantitative estimate of drug-likeness (QED) is 0.517. The van der Waals surface area contributed by atoms with Crippen molar-refractivity contribution < 1.29 is 14.4 Å². The van der Waals surface area contributed by atoms with Crippen molar-refractivity contribution in [2.75, 3.05) is 12.4 Å². The molecule has 0 spiro atoms. The van der Waals surface area contributed by atoms with Crippen LogP contribution < -0.4 is 5.32 Å². The summed E-state index contributed by atoms with van der Waals surface area (Å²) in [5.41, 5.74) is 2.22. The second kappa shape index (κ2) is 8.77. The van der Waals surface area contributed by atoms with Gasteiger partial charge in [0.15, 0.2) is 5.78 Å². The first-order valence-electron chi connectivity index (χ1n) is 8.86. The second-order valence-electron chi connectivity index (χ2n) is 6.26. The summed E-state index contributed by atoms with van der Waals surface area (Å²) >= 11 is 0. The van der Waals surface area contributed by atoms with Gasteiger partial charge in [-0.1, -0.05) is 60.7 Å². The SMILES string of the molecule is CN(C(=O)CC(=O)c1ccccc1)C(=O)c1ccccc1Nc1ccccc1. The van der Waals surface area contributed by atoms with Gasteiger partial charge < -0.3 is 5.32 Å². The van der Waals surface area contributed by atoms with E-state index in [4.69, 9.17) is 0 Å². The number of amides is 2. The van der Waals surface area contributed by atoms with Crippen molar-refractivity contribution in [3.63, 3.8) is 0 Å². The van der Waals surface area contributed by atoms with Crippen LogP contribution in [-0.2, 0) is 4.79 Å². The summed E-state index contributed by atoms with van der Waals surface area (Å²) in [5, 5.41) is 3.19. The maximum Gasteiger partial charge on any atom is 0.262 e. The Hall–Kier alpha value is -3.73. The number of para-hydroxylation sites is 2. The van der Waals surface area contributed by atoms with Gasteiger partial charge in [-0.2, -0.15) is 0 Å². The minimum Gasteiger partial charge on any atom is -0.355 e. The van der Waals surface area contributed by atoms with E-state index < -0.39 is 11.8 Å². The summed E-state index contributed by atoms with van der Waals surface area (Å²) in [7, 11) is 1.39. The molecule has 0 aliphatic rings. The predicted octanol–water partition coefficient (Wildman–Crippen LogP) is 4.30. The van der Waals surface area contributed by atoms with Crippen LogP contribution in [0.2, 0.25) is 0 Å². The van der Waals surface area contributed by atoms with Crippen molar-refractivity contribution in [1.82, 2.24) is 4.90 Å². The Kier molecular flexibility index (Phi) is 5.97. The van der Waals surface area contributed by atoms with Gasteiger partial charge in [0.2, 0.25) is 5.91 Å². The molecule has 1 N–H and O–H groups in total. The van der Waals surface area contributed by atoms with E-state index in [1.54, 1.807) is 48.5 Å². The molecule has 0 atom stereocenters. The lowest BCUT2D eigenvalue weighted by Crippen LogP contribution is -2.34. The topological polar surface area (TPSA) is 66.5 Å². The average Bonchev–Trinajstić information content (AvgIpc) is 2.74. The first-order valence-corrected chi connectivity index (χ1v) is 8.86. The number of rotatable bonds is 6. The highest BCUT2D eigenvalue weighted by atomic mass is 16.2. The maximum absolute atomic E-state index is 12.9. The highest BCUT2D eigenvalue weighted by molar-refractivity contribution is 6.14.